The van der Waals surface area contributed by atoms with E-state index in [-0.39, 0.29) is 17.7 Å². The van der Waals surface area contributed by atoms with Gasteiger partial charge in [-0.05, 0) is 42.0 Å². The maximum atomic E-state index is 13.7. The summed E-state index contributed by atoms with van der Waals surface area (Å²) < 4.78 is 5.97. The lowest BCUT2D eigenvalue weighted by Crippen LogP contribution is -2.55. The summed E-state index contributed by atoms with van der Waals surface area (Å²) in [5, 5.41) is 0. The monoisotopic (exact) mass is 434 g/mol. The molecule has 0 radical (unpaired) electrons. The van der Waals surface area contributed by atoms with Crippen LogP contribution in [0.15, 0.2) is 54.6 Å². The number of likely N-dealkylation sites (tertiary alicyclic amines) is 1. The van der Waals surface area contributed by atoms with E-state index < -0.39 is 6.04 Å². The van der Waals surface area contributed by atoms with Gasteiger partial charge in [-0.3, -0.25) is 9.59 Å². The smallest absolute Gasteiger partial charge is 0.245 e. The van der Waals surface area contributed by atoms with Crippen LogP contribution in [0.1, 0.15) is 44.2 Å². The van der Waals surface area contributed by atoms with E-state index in [9.17, 15) is 9.59 Å². The van der Waals surface area contributed by atoms with Crippen LogP contribution >= 0.6 is 0 Å². The van der Waals surface area contributed by atoms with Gasteiger partial charge in [-0.25, -0.2) is 0 Å². The minimum absolute atomic E-state index is 0.0776. The predicted molar refractivity (Wildman–Crippen MR) is 125 cm³/mol. The Morgan fingerprint density at radius 2 is 1.75 bits per heavy atom. The summed E-state index contributed by atoms with van der Waals surface area (Å²) in [7, 11) is 0. The van der Waals surface area contributed by atoms with Crippen LogP contribution in [-0.4, -0.2) is 47.4 Å². The Hall–Kier alpha value is -2.82. The fraction of sp³-hybridized carbons (Fsp3) is 0.481. The van der Waals surface area contributed by atoms with Gasteiger partial charge in [0.2, 0.25) is 11.8 Å². The molecule has 170 valence electrons. The van der Waals surface area contributed by atoms with Gasteiger partial charge in [-0.15, -0.1) is 0 Å². The van der Waals surface area contributed by atoms with E-state index in [4.69, 9.17) is 4.74 Å². The first-order valence-electron chi connectivity index (χ1n) is 11.8. The minimum Gasteiger partial charge on any atom is -0.493 e. The lowest BCUT2D eigenvalue weighted by atomic mass is 9.91. The third-order valence-corrected chi connectivity index (χ3v) is 6.50. The Bertz CT molecular complexity index is 928. The molecule has 0 saturated carbocycles. The zero-order valence-corrected chi connectivity index (χ0v) is 19.2. The molecule has 2 atom stereocenters. The van der Waals surface area contributed by atoms with Crippen molar-refractivity contribution in [1.82, 2.24) is 9.80 Å². The molecule has 0 spiro atoms. The molecule has 2 amide bonds. The number of benzene rings is 2. The van der Waals surface area contributed by atoms with Crippen molar-refractivity contribution in [1.29, 1.82) is 0 Å². The van der Waals surface area contributed by atoms with Crippen LogP contribution < -0.4 is 4.74 Å². The quantitative estimate of drug-likeness (QED) is 0.681. The Labute approximate surface area is 191 Å². The van der Waals surface area contributed by atoms with Gasteiger partial charge in [-0.2, -0.15) is 0 Å². The molecule has 0 aliphatic carbocycles. The van der Waals surface area contributed by atoms with Crippen LogP contribution in [0, 0.1) is 11.8 Å². The van der Waals surface area contributed by atoms with Crippen LogP contribution in [-0.2, 0) is 22.6 Å². The molecule has 2 heterocycles. The number of ether oxygens (including phenoxy) is 1. The fourth-order valence-corrected chi connectivity index (χ4v) is 4.82. The van der Waals surface area contributed by atoms with Gasteiger partial charge in [0.05, 0.1) is 6.61 Å². The molecular formula is C27H34N2O3. The Morgan fingerprint density at radius 3 is 2.50 bits per heavy atom. The average Bonchev–Trinajstić information content (AvgIpc) is 2.82. The number of rotatable bonds is 6. The third-order valence-electron chi connectivity index (χ3n) is 6.50. The van der Waals surface area contributed by atoms with Gasteiger partial charge in [0.25, 0.3) is 0 Å². The molecule has 0 N–H and O–H groups in total. The van der Waals surface area contributed by atoms with E-state index >= 15 is 0 Å². The van der Waals surface area contributed by atoms with E-state index in [0.29, 0.717) is 38.5 Å². The summed E-state index contributed by atoms with van der Waals surface area (Å²) in [4.78, 5) is 30.5. The lowest BCUT2D eigenvalue weighted by Gasteiger charge is -2.41. The molecular weight excluding hydrogens is 400 g/mol. The van der Waals surface area contributed by atoms with E-state index in [1.165, 1.54) is 5.56 Å². The van der Waals surface area contributed by atoms with Gasteiger partial charge in [-0.1, -0.05) is 56.3 Å². The van der Waals surface area contributed by atoms with Crippen LogP contribution in [0.25, 0.3) is 0 Å². The number of hydrogen-bond acceptors (Lipinski definition) is 3. The largest absolute Gasteiger partial charge is 0.493 e. The number of fused-ring (bicyclic) bond motifs is 1. The van der Waals surface area contributed by atoms with Gasteiger partial charge in [0.1, 0.15) is 11.8 Å². The molecule has 5 heteroatoms. The van der Waals surface area contributed by atoms with Crippen molar-refractivity contribution in [3.8, 4) is 5.75 Å². The highest BCUT2D eigenvalue weighted by Gasteiger charge is 2.38. The van der Waals surface area contributed by atoms with Crippen molar-refractivity contribution >= 4 is 11.8 Å². The predicted octanol–water partition coefficient (Wildman–Crippen LogP) is 4.30. The molecule has 0 aromatic heterocycles. The Kier molecular flexibility index (Phi) is 7.13. The summed E-state index contributed by atoms with van der Waals surface area (Å²) in [6.07, 6.45) is 3.10. The van der Waals surface area contributed by atoms with Crippen LogP contribution in [0.2, 0.25) is 0 Å². The number of hydrogen-bond donors (Lipinski definition) is 0. The van der Waals surface area contributed by atoms with E-state index in [2.05, 4.69) is 26.0 Å². The topological polar surface area (TPSA) is 49.9 Å². The molecule has 1 saturated heterocycles. The van der Waals surface area contributed by atoms with Gasteiger partial charge in [0, 0.05) is 38.4 Å². The SMILES string of the molecule is CC(C)CC(=O)N1Cc2ccccc2CC1C(=O)N1CCCC(COc2ccccc2)C1. The molecule has 4 rings (SSSR count). The molecule has 2 aromatic carbocycles. The van der Waals surface area contributed by atoms with Crippen molar-refractivity contribution in [2.45, 2.75) is 52.1 Å². The van der Waals surface area contributed by atoms with Crippen molar-refractivity contribution in [3.63, 3.8) is 0 Å². The number of para-hydroxylation sites is 1. The zero-order chi connectivity index (χ0) is 22.5. The Morgan fingerprint density at radius 1 is 1.03 bits per heavy atom. The Balaban J connectivity index is 1.45. The van der Waals surface area contributed by atoms with Crippen molar-refractivity contribution in [3.05, 3.63) is 65.7 Å². The highest BCUT2D eigenvalue weighted by molar-refractivity contribution is 5.88. The zero-order valence-electron chi connectivity index (χ0n) is 19.2. The minimum atomic E-state index is -0.412. The van der Waals surface area contributed by atoms with Gasteiger partial charge < -0.3 is 14.5 Å². The van der Waals surface area contributed by atoms with Crippen molar-refractivity contribution in [2.75, 3.05) is 19.7 Å². The van der Waals surface area contributed by atoms with Crippen LogP contribution in [0.4, 0.5) is 0 Å². The summed E-state index contributed by atoms with van der Waals surface area (Å²) in [6.45, 7) is 6.67. The standard InChI is InChI=1S/C27H34N2O3/c1-20(2)15-26(30)29-18-23-11-7-6-10-22(23)16-25(29)27(31)28-14-8-9-21(17-28)19-32-24-12-4-3-5-13-24/h3-7,10-13,20-21,25H,8-9,14-19H2,1-2H3. The van der Waals surface area contributed by atoms with Crippen molar-refractivity contribution < 1.29 is 14.3 Å². The molecule has 1 fully saturated rings. The second kappa shape index (κ2) is 10.2. The normalized spacial score (nSPS) is 20.7. The molecule has 32 heavy (non-hydrogen) atoms. The maximum absolute atomic E-state index is 13.7. The molecule has 2 aromatic rings. The fourth-order valence-electron chi connectivity index (χ4n) is 4.82. The van der Waals surface area contributed by atoms with Crippen LogP contribution in [0.3, 0.4) is 0 Å². The second-order valence-electron chi connectivity index (χ2n) is 9.52. The molecule has 2 aliphatic rings. The average molecular weight is 435 g/mol. The lowest BCUT2D eigenvalue weighted by molar-refractivity contribution is -0.148. The van der Waals surface area contributed by atoms with Crippen molar-refractivity contribution in [2.24, 2.45) is 11.8 Å². The van der Waals surface area contributed by atoms with E-state index in [1.807, 2.05) is 52.3 Å². The molecule has 0 bridgehead atoms. The van der Waals surface area contributed by atoms with Gasteiger partial charge >= 0.3 is 0 Å². The number of carbonyl (C=O) groups is 2. The number of piperidine rings is 1. The van der Waals surface area contributed by atoms with Gasteiger partial charge in [0.15, 0.2) is 0 Å². The molecule has 2 aliphatic heterocycles. The first kappa shape index (κ1) is 22.4. The summed E-state index contributed by atoms with van der Waals surface area (Å²) >= 11 is 0. The summed E-state index contributed by atoms with van der Waals surface area (Å²) in [5.74, 6) is 1.61. The molecule has 5 nitrogen and oxygen atoms in total. The van der Waals surface area contributed by atoms with E-state index in [0.717, 1.165) is 30.7 Å². The number of nitrogens with zero attached hydrogens (tertiary/aromatic N) is 2. The van der Waals surface area contributed by atoms with E-state index in [1.54, 1.807) is 0 Å². The van der Waals surface area contributed by atoms with Crippen LogP contribution in [0.5, 0.6) is 5.75 Å². The molecule has 2 unspecified atom stereocenters. The number of amides is 2. The summed E-state index contributed by atoms with van der Waals surface area (Å²) in [6, 6.07) is 17.6. The number of carbonyl (C=O) groups excluding carboxylic acids is 2. The third kappa shape index (κ3) is 5.32. The highest BCUT2D eigenvalue weighted by atomic mass is 16.5. The highest BCUT2D eigenvalue weighted by Crippen LogP contribution is 2.28. The summed E-state index contributed by atoms with van der Waals surface area (Å²) in [5.41, 5.74) is 2.34. The maximum Gasteiger partial charge on any atom is 0.245 e. The first-order valence-corrected chi connectivity index (χ1v) is 11.8. The first-order chi connectivity index (χ1) is 15.5. The second-order valence-corrected chi connectivity index (χ2v) is 9.52.